The molecule has 1 unspecified atom stereocenters. The van der Waals surface area contributed by atoms with Crippen molar-refractivity contribution in [2.45, 2.75) is 45.7 Å². The Labute approximate surface area is 132 Å². The van der Waals surface area contributed by atoms with Gasteiger partial charge in [-0.15, -0.1) is 0 Å². The van der Waals surface area contributed by atoms with Crippen molar-refractivity contribution >= 4 is 11.8 Å². The lowest BCUT2D eigenvalue weighted by Gasteiger charge is -2.39. The van der Waals surface area contributed by atoms with Crippen LogP contribution in [0.15, 0.2) is 24.3 Å². The molecular weight excluding hydrogens is 276 g/mol. The number of hydrogen-bond acceptors (Lipinski definition) is 2. The molecule has 0 radical (unpaired) electrons. The number of carbonyl (C=O) groups is 2. The first kappa shape index (κ1) is 15.1. The second-order valence-corrected chi connectivity index (χ2v) is 6.57. The molecule has 2 aliphatic heterocycles. The number of benzene rings is 1. The lowest BCUT2D eigenvalue weighted by molar-refractivity contribution is -0.142. The van der Waals surface area contributed by atoms with Gasteiger partial charge in [0.1, 0.15) is 0 Å². The van der Waals surface area contributed by atoms with E-state index in [-0.39, 0.29) is 23.8 Å². The van der Waals surface area contributed by atoms with Gasteiger partial charge in [0.05, 0.1) is 0 Å². The van der Waals surface area contributed by atoms with Crippen molar-refractivity contribution in [3.63, 3.8) is 0 Å². The molecule has 22 heavy (non-hydrogen) atoms. The van der Waals surface area contributed by atoms with Crippen LogP contribution in [0, 0.1) is 5.92 Å². The van der Waals surface area contributed by atoms with E-state index in [1.54, 1.807) is 6.92 Å². The minimum absolute atomic E-state index is 0.0725. The van der Waals surface area contributed by atoms with E-state index in [1.165, 1.54) is 11.1 Å². The smallest absolute Gasteiger partial charge is 0.226 e. The van der Waals surface area contributed by atoms with Crippen molar-refractivity contribution in [3.8, 4) is 0 Å². The van der Waals surface area contributed by atoms with Crippen LogP contribution in [0.4, 0.5) is 0 Å². The van der Waals surface area contributed by atoms with Crippen LogP contribution in [0.5, 0.6) is 0 Å². The summed E-state index contributed by atoms with van der Waals surface area (Å²) < 4.78 is 0. The highest BCUT2D eigenvalue weighted by Gasteiger charge is 2.33. The number of hydrogen-bond donors (Lipinski definition) is 0. The zero-order valence-electron chi connectivity index (χ0n) is 13.4. The number of amides is 2. The summed E-state index contributed by atoms with van der Waals surface area (Å²) in [6.45, 7) is 5.89. The predicted molar refractivity (Wildman–Crippen MR) is 85.1 cm³/mol. The Balaban J connectivity index is 1.67. The van der Waals surface area contributed by atoms with E-state index in [1.807, 2.05) is 15.9 Å². The molecule has 1 fully saturated rings. The van der Waals surface area contributed by atoms with E-state index in [2.05, 4.69) is 25.1 Å². The summed E-state index contributed by atoms with van der Waals surface area (Å²) in [4.78, 5) is 28.2. The molecule has 2 amide bonds. The highest BCUT2D eigenvalue weighted by atomic mass is 16.2. The third kappa shape index (κ3) is 2.87. The molecule has 4 heteroatoms. The van der Waals surface area contributed by atoms with Crippen LogP contribution < -0.4 is 0 Å². The maximum Gasteiger partial charge on any atom is 0.226 e. The summed E-state index contributed by atoms with van der Waals surface area (Å²) >= 11 is 0. The zero-order valence-corrected chi connectivity index (χ0v) is 13.4. The minimum Gasteiger partial charge on any atom is -0.343 e. The van der Waals surface area contributed by atoms with Crippen molar-refractivity contribution in [1.82, 2.24) is 9.80 Å². The Hall–Kier alpha value is -1.84. The maximum absolute atomic E-state index is 12.9. The topological polar surface area (TPSA) is 40.6 Å². The number of rotatable bonds is 1. The molecule has 1 saturated heterocycles. The first-order chi connectivity index (χ1) is 10.6. The van der Waals surface area contributed by atoms with Gasteiger partial charge in [0.15, 0.2) is 0 Å². The van der Waals surface area contributed by atoms with Crippen molar-refractivity contribution < 1.29 is 9.59 Å². The first-order valence-electron chi connectivity index (χ1n) is 8.19. The lowest BCUT2D eigenvalue weighted by Crippen LogP contribution is -2.48. The zero-order chi connectivity index (χ0) is 15.7. The quantitative estimate of drug-likeness (QED) is 0.798. The second-order valence-electron chi connectivity index (χ2n) is 6.57. The van der Waals surface area contributed by atoms with E-state index in [9.17, 15) is 9.59 Å². The van der Waals surface area contributed by atoms with Gasteiger partial charge in [-0.05, 0) is 37.3 Å². The van der Waals surface area contributed by atoms with E-state index in [0.29, 0.717) is 13.1 Å². The molecule has 2 heterocycles. The molecule has 0 spiro atoms. The first-order valence-corrected chi connectivity index (χ1v) is 8.19. The van der Waals surface area contributed by atoms with Gasteiger partial charge in [-0.2, -0.15) is 0 Å². The van der Waals surface area contributed by atoms with Crippen LogP contribution in [0.25, 0.3) is 0 Å². The monoisotopic (exact) mass is 300 g/mol. The average Bonchev–Trinajstić information content (AvgIpc) is 2.53. The summed E-state index contributed by atoms with van der Waals surface area (Å²) in [5, 5.41) is 0. The van der Waals surface area contributed by atoms with Crippen LogP contribution >= 0.6 is 0 Å². The maximum atomic E-state index is 12.9. The SMILES string of the molecule is CC(=O)N1CCC(C(=O)N2Cc3ccccc3CC2C)CC1. The summed E-state index contributed by atoms with van der Waals surface area (Å²) in [5.74, 6) is 0.458. The average molecular weight is 300 g/mol. The highest BCUT2D eigenvalue weighted by Crippen LogP contribution is 2.27. The van der Waals surface area contributed by atoms with E-state index in [4.69, 9.17) is 0 Å². The van der Waals surface area contributed by atoms with Gasteiger partial charge in [-0.3, -0.25) is 9.59 Å². The van der Waals surface area contributed by atoms with Crippen LogP contribution in [-0.4, -0.2) is 40.7 Å². The van der Waals surface area contributed by atoms with E-state index < -0.39 is 0 Å². The lowest BCUT2D eigenvalue weighted by atomic mass is 9.90. The van der Waals surface area contributed by atoms with Gasteiger partial charge in [0, 0.05) is 38.5 Å². The van der Waals surface area contributed by atoms with Crippen LogP contribution in [-0.2, 0) is 22.6 Å². The van der Waals surface area contributed by atoms with E-state index in [0.717, 1.165) is 25.8 Å². The summed E-state index contributed by atoms with van der Waals surface area (Å²) in [7, 11) is 0. The van der Waals surface area contributed by atoms with Crippen LogP contribution in [0.2, 0.25) is 0 Å². The highest BCUT2D eigenvalue weighted by molar-refractivity contribution is 5.80. The van der Waals surface area contributed by atoms with Gasteiger partial charge >= 0.3 is 0 Å². The van der Waals surface area contributed by atoms with Gasteiger partial charge in [-0.25, -0.2) is 0 Å². The molecule has 4 nitrogen and oxygen atoms in total. The van der Waals surface area contributed by atoms with Gasteiger partial charge in [0.25, 0.3) is 0 Å². The Morgan fingerprint density at radius 1 is 1.09 bits per heavy atom. The fraction of sp³-hybridized carbons (Fsp3) is 0.556. The third-order valence-corrected chi connectivity index (χ3v) is 5.08. The molecule has 0 N–H and O–H groups in total. The Bertz CT molecular complexity index is 576. The van der Waals surface area contributed by atoms with Crippen molar-refractivity contribution in [3.05, 3.63) is 35.4 Å². The third-order valence-electron chi connectivity index (χ3n) is 5.08. The van der Waals surface area contributed by atoms with Gasteiger partial charge in [0.2, 0.25) is 11.8 Å². The fourth-order valence-electron chi connectivity index (χ4n) is 3.65. The standard InChI is InChI=1S/C18H24N2O2/c1-13-11-16-5-3-4-6-17(16)12-20(13)18(22)15-7-9-19(10-8-15)14(2)21/h3-6,13,15H,7-12H2,1-2H3. The number of carbonyl (C=O) groups excluding carboxylic acids is 2. The molecule has 0 aromatic heterocycles. The number of likely N-dealkylation sites (tertiary alicyclic amines) is 1. The molecule has 3 rings (SSSR count). The Morgan fingerprint density at radius 3 is 2.36 bits per heavy atom. The molecule has 0 bridgehead atoms. The van der Waals surface area contributed by atoms with E-state index >= 15 is 0 Å². The van der Waals surface area contributed by atoms with Gasteiger partial charge in [-0.1, -0.05) is 24.3 Å². The molecule has 0 saturated carbocycles. The second kappa shape index (κ2) is 6.11. The Kier molecular flexibility index (Phi) is 4.19. The van der Waals surface area contributed by atoms with Crippen LogP contribution in [0.3, 0.4) is 0 Å². The normalized spacial score (nSPS) is 22.4. The van der Waals surface area contributed by atoms with Crippen LogP contribution in [0.1, 0.15) is 37.8 Å². The van der Waals surface area contributed by atoms with Crippen molar-refractivity contribution in [1.29, 1.82) is 0 Å². The Morgan fingerprint density at radius 2 is 1.73 bits per heavy atom. The molecular formula is C18H24N2O2. The fourth-order valence-corrected chi connectivity index (χ4v) is 3.65. The molecule has 118 valence electrons. The molecule has 1 aromatic rings. The van der Waals surface area contributed by atoms with Crippen molar-refractivity contribution in [2.24, 2.45) is 5.92 Å². The summed E-state index contributed by atoms with van der Waals surface area (Å²) in [5.41, 5.74) is 2.64. The summed E-state index contributed by atoms with van der Waals surface area (Å²) in [6.07, 6.45) is 2.53. The molecule has 1 atom stereocenters. The predicted octanol–water partition coefficient (Wildman–Crippen LogP) is 2.22. The molecule has 1 aromatic carbocycles. The minimum atomic E-state index is 0.0725. The number of piperidine rings is 1. The summed E-state index contributed by atoms with van der Waals surface area (Å²) in [6, 6.07) is 8.66. The largest absolute Gasteiger partial charge is 0.343 e. The van der Waals surface area contributed by atoms with Crippen molar-refractivity contribution in [2.75, 3.05) is 13.1 Å². The van der Waals surface area contributed by atoms with Gasteiger partial charge < -0.3 is 9.80 Å². The number of nitrogens with zero attached hydrogens (tertiary/aromatic N) is 2. The molecule has 0 aliphatic carbocycles. The molecule has 2 aliphatic rings. The number of fused-ring (bicyclic) bond motifs is 1.